The molecular formula is C21H21F3N4O2S. The van der Waals surface area contributed by atoms with Gasteiger partial charge in [-0.05, 0) is 42.2 Å². The number of carbonyl (C=O) groups is 1. The molecule has 0 aliphatic heterocycles. The van der Waals surface area contributed by atoms with Gasteiger partial charge in [0.15, 0.2) is 4.90 Å². The van der Waals surface area contributed by atoms with E-state index in [2.05, 4.69) is 15.4 Å². The van der Waals surface area contributed by atoms with Gasteiger partial charge in [0.1, 0.15) is 17.6 Å². The smallest absolute Gasteiger partial charge is 0.433 e. The highest BCUT2D eigenvalue weighted by molar-refractivity contribution is 7.90. The molecule has 1 N–H and O–H groups in total. The van der Waals surface area contributed by atoms with Crippen molar-refractivity contribution >= 4 is 33.7 Å². The van der Waals surface area contributed by atoms with E-state index < -0.39 is 29.0 Å². The fourth-order valence-corrected chi connectivity index (χ4v) is 4.54. The van der Waals surface area contributed by atoms with Crippen LogP contribution in [0.4, 0.5) is 18.9 Å². The van der Waals surface area contributed by atoms with Crippen molar-refractivity contribution < 1.29 is 22.5 Å². The Morgan fingerprint density at radius 2 is 1.97 bits per heavy atom. The van der Waals surface area contributed by atoms with Gasteiger partial charge in [-0.25, -0.2) is 4.98 Å². The zero-order valence-electron chi connectivity index (χ0n) is 16.8. The number of alkyl halides is 3. The highest BCUT2D eigenvalue weighted by atomic mass is 32.2. The lowest BCUT2D eigenvalue weighted by Gasteiger charge is -2.21. The first-order valence-electron chi connectivity index (χ1n) is 9.94. The first-order valence-corrected chi connectivity index (χ1v) is 11.5. The van der Waals surface area contributed by atoms with Gasteiger partial charge >= 0.3 is 6.18 Å². The minimum Gasteiger partial charge on any atom is -0.612 e. The Kier molecular flexibility index (Phi) is 5.94. The number of pyridine rings is 1. The van der Waals surface area contributed by atoms with Gasteiger partial charge < -0.3 is 9.87 Å². The fourth-order valence-electron chi connectivity index (χ4n) is 3.85. The van der Waals surface area contributed by atoms with Gasteiger partial charge in [0.25, 0.3) is 5.91 Å². The van der Waals surface area contributed by atoms with E-state index in [-0.39, 0.29) is 11.4 Å². The minimum absolute atomic E-state index is 0.265. The predicted molar refractivity (Wildman–Crippen MR) is 111 cm³/mol. The first kappa shape index (κ1) is 21.6. The topological polar surface area (TPSA) is 82.9 Å². The first-order chi connectivity index (χ1) is 14.7. The highest BCUT2D eigenvalue weighted by Gasteiger charge is 2.33. The van der Waals surface area contributed by atoms with Crippen LogP contribution in [-0.2, 0) is 17.4 Å². The maximum Gasteiger partial charge on any atom is 0.433 e. The van der Waals surface area contributed by atoms with E-state index in [1.165, 1.54) is 18.7 Å². The molecule has 1 aliphatic carbocycles. The molecule has 1 unspecified atom stereocenters. The van der Waals surface area contributed by atoms with Crippen LogP contribution in [0, 0.1) is 0 Å². The lowest BCUT2D eigenvalue weighted by molar-refractivity contribution is -0.141. The molecule has 31 heavy (non-hydrogen) atoms. The summed E-state index contributed by atoms with van der Waals surface area (Å²) >= 11 is -1.45. The summed E-state index contributed by atoms with van der Waals surface area (Å²) in [5.41, 5.74) is -0.601. The molecule has 1 amide bonds. The van der Waals surface area contributed by atoms with Crippen LogP contribution in [0.15, 0.2) is 41.4 Å². The molecule has 6 nitrogen and oxygen atoms in total. The molecule has 0 spiro atoms. The molecule has 3 aromatic rings. The van der Waals surface area contributed by atoms with Crippen molar-refractivity contribution in [2.75, 3.05) is 11.6 Å². The Bertz CT molecular complexity index is 1110. The maximum atomic E-state index is 12.9. The summed E-state index contributed by atoms with van der Waals surface area (Å²) in [6, 6.07) is 6.75. The third-order valence-corrected chi connectivity index (χ3v) is 6.36. The van der Waals surface area contributed by atoms with E-state index in [1.54, 1.807) is 12.1 Å². The molecule has 1 aromatic carbocycles. The molecule has 1 fully saturated rings. The van der Waals surface area contributed by atoms with Gasteiger partial charge in [0.05, 0.1) is 17.2 Å². The van der Waals surface area contributed by atoms with Crippen molar-refractivity contribution in [2.24, 2.45) is 0 Å². The van der Waals surface area contributed by atoms with Gasteiger partial charge in [-0.2, -0.15) is 18.3 Å². The van der Waals surface area contributed by atoms with Crippen molar-refractivity contribution in [1.82, 2.24) is 14.8 Å². The number of halogens is 3. The zero-order chi connectivity index (χ0) is 22.2. The van der Waals surface area contributed by atoms with Gasteiger partial charge in [-0.15, -0.1) is 0 Å². The van der Waals surface area contributed by atoms with Crippen LogP contribution in [0.3, 0.4) is 0 Å². The van der Waals surface area contributed by atoms with E-state index in [0.29, 0.717) is 16.5 Å². The zero-order valence-corrected chi connectivity index (χ0v) is 17.6. The number of nitrogens with zero attached hydrogens (tertiary/aromatic N) is 3. The van der Waals surface area contributed by atoms with Gasteiger partial charge in [0.2, 0.25) is 0 Å². The second-order valence-corrected chi connectivity index (χ2v) is 8.97. The number of aromatic nitrogens is 3. The van der Waals surface area contributed by atoms with Crippen molar-refractivity contribution in [2.45, 2.75) is 49.2 Å². The molecule has 0 saturated heterocycles. The number of hydrogen-bond donors (Lipinski definition) is 1. The molecule has 2 aromatic heterocycles. The molecule has 4 rings (SSSR count). The predicted octanol–water partition coefficient (Wildman–Crippen LogP) is 4.95. The Balaban J connectivity index is 1.66. The fraction of sp³-hybridized carbons (Fsp3) is 0.381. The average molecular weight is 450 g/mol. The second-order valence-electron chi connectivity index (χ2n) is 7.62. The third kappa shape index (κ3) is 4.69. The number of nitrogens with one attached hydrogen (secondary N) is 1. The number of anilines is 1. The molecule has 1 saturated carbocycles. The Morgan fingerprint density at radius 3 is 2.65 bits per heavy atom. The summed E-state index contributed by atoms with van der Waals surface area (Å²) < 4.78 is 52.9. The average Bonchev–Trinajstić information content (AvgIpc) is 3.16. The SMILES string of the molecule is C[S+]([O-])c1cc2nn(C3CCCCC3)cc2cc1NC(=O)c1cccc(C(F)(F)F)n1. The summed E-state index contributed by atoms with van der Waals surface area (Å²) in [4.78, 5) is 16.4. The van der Waals surface area contributed by atoms with E-state index in [9.17, 15) is 22.5 Å². The van der Waals surface area contributed by atoms with Crippen molar-refractivity contribution in [3.05, 3.63) is 47.9 Å². The Hall–Kier alpha value is -2.59. The van der Waals surface area contributed by atoms with Crippen molar-refractivity contribution in [3.8, 4) is 0 Å². The third-order valence-electron chi connectivity index (χ3n) is 5.40. The molecule has 0 radical (unpaired) electrons. The number of benzene rings is 1. The van der Waals surface area contributed by atoms with Crippen LogP contribution in [-0.4, -0.2) is 31.5 Å². The lowest BCUT2D eigenvalue weighted by Crippen LogP contribution is -2.18. The number of hydrogen-bond acceptors (Lipinski definition) is 4. The molecule has 1 atom stereocenters. The largest absolute Gasteiger partial charge is 0.612 e. The molecule has 1 aliphatic rings. The van der Waals surface area contributed by atoms with E-state index >= 15 is 0 Å². The molecule has 2 heterocycles. The number of rotatable bonds is 4. The summed E-state index contributed by atoms with van der Waals surface area (Å²) in [5, 5.41) is 7.95. The number of carbonyl (C=O) groups excluding carboxylic acids is 1. The minimum atomic E-state index is -4.65. The molecule has 0 bridgehead atoms. The van der Waals surface area contributed by atoms with Crippen LogP contribution in [0.1, 0.15) is 54.3 Å². The molecule has 164 valence electrons. The number of amides is 1. The van der Waals surface area contributed by atoms with E-state index in [1.807, 2.05) is 10.9 Å². The van der Waals surface area contributed by atoms with E-state index in [4.69, 9.17) is 0 Å². The van der Waals surface area contributed by atoms with Crippen LogP contribution < -0.4 is 5.32 Å². The monoisotopic (exact) mass is 450 g/mol. The summed E-state index contributed by atoms with van der Waals surface area (Å²) in [6.45, 7) is 0. The quantitative estimate of drug-likeness (QED) is 0.571. The lowest BCUT2D eigenvalue weighted by atomic mass is 9.96. The van der Waals surface area contributed by atoms with E-state index in [0.717, 1.165) is 43.2 Å². The number of fused-ring (bicyclic) bond motifs is 1. The Morgan fingerprint density at radius 1 is 1.23 bits per heavy atom. The van der Waals surface area contributed by atoms with Gasteiger partial charge in [-0.3, -0.25) is 9.48 Å². The second kappa shape index (κ2) is 8.51. The summed E-state index contributed by atoms with van der Waals surface area (Å²) in [7, 11) is 0. The van der Waals surface area contributed by atoms with Crippen LogP contribution in [0.2, 0.25) is 0 Å². The molecule has 10 heteroatoms. The van der Waals surface area contributed by atoms with Crippen molar-refractivity contribution in [1.29, 1.82) is 0 Å². The van der Waals surface area contributed by atoms with Crippen LogP contribution in [0.5, 0.6) is 0 Å². The van der Waals surface area contributed by atoms with Crippen LogP contribution >= 0.6 is 0 Å². The van der Waals surface area contributed by atoms with Gasteiger partial charge in [-0.1, -0.05) is 25.3 Å². The standard InChI is InChI=1S/C21H21F3N4O2S/c1-31(30)18-11-16-13(12-28(27-16)14-6-3-2-4-7-14)10-17(18)26-20(29)15-8-5-9-19(25-15)21(22,23)24/h5,8-12,14H,2-4,6-7H2,1H3,(H,26,29). The summed E-state index contributed by atoms with van der Waals surface area (Å²) in [6.07, 6.45) is 4.32. The Labute approximate surface area is 180 Å². The summed E-state index contributed by atoms with van der Waals surface area (Å²) in [5.74, 6) is -0.808. The van der Waals surface area contributed by atoms with Crippen LogP contribution in [0.25, 0.3) is 10.9 Å². The van der Waals surface area contributed by atoms with Gasteiger partial charge in [0, 0.05) is 17.6 Å². The maximum absolute atomic E-state index is 12.9. The van der Waals surface area contributed by atoms with Crippen molar-refractivity contribution in [3.63, 3.8) is 0 Å². The highest BCUT2D eigenvalue weighted by Crippen LogP contribution is 2.32. The normalized spacial score (nSPS) is 16.4. The molecular weight excluding hydrogens is 429 g/mol.